The molecule has 0 radical (unpaired) electrons. The molecule has 0 aliphatic carbocycles. The first kappa shape index (κ1) is 26.4. The second-order valence-corrected chi connectivity index (χ2v) is 8.86. The second-order valence-electron chi connectivity index (χ2n) is 8.45. The van der Waals surface area contributed by atoms with Gasteiger partial charge in [-0.15, -0.1) is 0 Å². The number of nitrogens with zero attached hydrogens (tertiary/aromatic N) is 3. The van der Waals surface area contributed by atoms with Crippen molar-refractivity contribution in [2.45, 2.75) is 18.7 Å². The number of alkyl halides is 3. The molecule has 1 amide bonds. The lowest BCUT2D eigenvalue weighted by Crippen LogP contribution is -2.58. The summed E-state index contributed by atoms with van der Waals surface area (Å²) in [6.07, 6.45) is -3.59. The predicted octanol–water partition coefficient (Wildman–Crippen LogP) is 5.69. The van der Waals surface area contributed by atoms with E-state index in [4.69, 9.17) is 11.6 Å². The van der Waals surface area contributed by atoms with Crippen molar-refractivity contribution < 1.29 is 27.5 Å². The number of benzene rings is 3. The van der Waals surface area contributed by atoms with E-state index >= 15 is 0 Å². The van der Waals surface area contributed by atoms with E-state index in [0.29, 0.717) is 22.3 Å². The van der Waals surface area contributed by atoms with Gasteiger partial charge in [-0.2, -0.15) is 18.3 Å². The molecule has 3 aromatic carbocycles. The number of amides is 1. The summed E-state index contributed by atoms with van der Waals surface area (Å²) in [6.45, 7) is -0.496. The van der Waals surface area contributed by atoms with Crippen molar-refractivity contribution in [1.82, 2.24) is 14.7 Å². The van der Waals surface area contributed by atoms with Crippen molar-refractivity contribution in [2.24, 2.45) is 0 Å². The lowest BCUT2D eigenvalue weighted by atomic mass is 10.0. The maximum Gasteiger partial charge on any atom is 0.420 e. The SMILES string of the molecule is CCN(CC(O)(CNc1cccc2c1cnn2-c1ccc(F)cc1)C(F)(F)F)C(=O)c1ccccc1Cl. The largest absolute Gasteiger partial charge is 0.420 e. The Kier molecular flexibility index (Phi) is 7.42. The van der Waals surface area contributed by atoms with Crippen LogP contribution in [0.2, 0.25) is 5.02 Å². The molecule has 37 heavy (non-hydrogen) atoms. The number of carbonyl (C=O) groups excluding carboxylic acids is 1. The molecular formula is C26H23ClF4N4O2. The fourth-order valence-electron chi connectivity index (χ4n) is 3.93. The molecule has 0 saturated carbocycles. The lowest BCUT2D eigenvalue weighted by molar-refractivity contribution is -0.257. The van der Waals surface area contributed by atoms with Crippen LogP contribution in [0.3, 0.4) is 0 Å². The van der Waals surface area contributed by atoms with Gasteiger partial charge < -0.3 is 15.3 Å². The molecule has 11 heteroatoms. The van der Waals surface area contributed by atoms with Crippen LogP contribution in [0.1, 0.15) is 17.3 Å². The minimum Gasteiger partial charge on any atom is -0.381 e. The number of anilines is 1. The maximum absolute atomic E-state index is 14.1. The second kappa shape index (κ2) is 10.4. The van der Waals surface area contributed by atoms with Crippen molar-refractivity contribution in [3.05, 3.63) is 89.3 Å². The number of nitrogens with one attached hydrogen (secondary N) is 1. The van der Waals surface area contributed by atoms with E-state index in [1.165, 1.54) is 54.2 Å². The Morgan fingerprint density at radius 2 is 1.78 bits per heavy atom. The van der Waals surface area contributed by atoms with Gasteiger partial charge in [-0.25, -0.2) is 9.07 Å². The van der Waals surface area contributed by atoms with E-state index in [2.05, 4.69) is 10.4 Å². The summed E-state index contributed by atoms with van der Waals surface area (Å²) in [6, 6.07) is 16.5. The van der Waals surface area contributed by atoms with Gasteiger partial charge in [0.25, 0.3) is 5.91 Å². The van der Waals surface area contributed by atoms with Crippen LogP contribution < -0.4 is 5.32 Å². The molecule has 4 aromatic rings. The number of fused-ring (bicyclic) bond motifs is 1. The number of rotatable bonds is 8. The Balaban J connectivity index is 1.60. The van der Waals surface area contributed by atoms with Crippen LogP contribution in [0.4, 0.5) is 23.2 Å². The highest BCUT2D eigenvalue weighted by molar-refractivity contribution is 6.33. The minimum atomic E-state index is -5.06. The average Bonchev–Trinajstić information content (AvgIpc) is 3.30. The molecule has 0 spiro atoms. The maximum atomic E-state index is 14.1. The smallest absolute Gasteiger partial charge is 0.381 e. The molecule has 1 heterocycles. The first-order chi connectivity index (χ1) is 17.5. The highest BCUT2D eigenvalue weighted by atomic mass is 35.5. The Morgan fingerprint density at radius 3 is 2.43 bits per heavy atom. The van der Waals surface area contributed by atoms with Crippen molar-refractivity contribution in [3.63, 3.8) is 0 Å². The summed E-state index contributed by atoms with van der Waals surface area (Å²) in [5.41, 5.74) is -1.79. The van der Waals surface area contributed by atoms with Gasteiger partial charge in [0.2, 0.25) is 0 Å². The molecule has 6 nitrogen and oxygen atoms in total. The zero-order valence-corrected chi connectivity index (χ0v) is 20.4. The molecule has 0 bridgehead atoms. The summed E-state index contributed by atoms with van der Waals surface area (Å²) in [4.78, 5) is 13.8. The molecule has 0 aliphatic heterocycles. The van der Waals surface area contributed by atoms with Gasteiger partial charge in [-0.05, 0) is 55.5 Å². The van der Waals surface area contributed by atoms with Crippen LogP contribution in [0.25, 0.3) is 16.6 Å². The van der Waals surface area contributed by atoms with Gasteiger partial charge in [0, 0.05) is 17.6 Å². The monoisotopic (exact) mass is 534 g/mol. The Labute approximate surface area is 215 Å². The Morgan fingerprint density at radius 1 is 1.08 bits per heavy atom. The van der Waals surface area contributed by atoms with Crippen LogP contribution in [0.15, 0.2) is 72.9 Å². The minimum absolute atomic E-state index is 0.0430. The van der Waals surface area contributed by atoms with Crippen LogP contribution in [-0.4, -0.2) is 57.1 Å². The van der Waals surface area contributed by atoms with Crippen molar-refractivity contribution >= 4 is 34.1 Å². The third-order valence-electron chi connectivity index (χ3n) is 6.01. The van der Waals surface area contributed by atoms with Crippen molar-refractivity contribution in [3.8, 4) is 5.69 Å². The third-order valence-corrected chi connectivity index (χ3v) is 6.34. The van der Waals surface area contributed by atoms with E-state index < -0.39 is 36.6 Å². The number of carbonyl (C=O) groups is 1. The van der Waals surface area contributed by atoms with Crippen LogP contribution in [0, 0.1) is 5.82 Å². The fourth-order valence-corrected chi connectivity index (χ4v) is 4.14. The molecule has 0 saturated heterocycles. The van der Waals surface area contributed by atoms with Gasteiger partial charge in [0.1, 0.15) is 5.82 Å². The molecule has 4 rings (SSSR count). The quantitative estimate of drug-likeness (QED) is 0.285. The fraction of sp³-hybridized carbons (Fsp3) is 0.231. The molecule has 194 valence electrons. The van der Waals surface area contributed by atoms with Crippen molar-refractivity contribution in [2.75, 3.05) is 25.0 Å². The summed E-state index contributed by atoms with van der Waals surface area (Å²) in [5.74, 6) is -1.14. The van der Waals surface area contributed by atoms with E-state index in [0.717, 1.165) is 4.90 Å². The van der Waals surface area contributed by atoms with E-state index in [1.54, 1.807) is 30.3 Å². The van der Waals surface area contributed by atoms with Gasteiger partial charge in [0.15, 0.2) is 5.60 Å². The van der Waals surface area contributed by atoms with Gasteiger partial charge in [-0.3, -0.25) is 4.79 Å². The van der Waals surface area contributed by atoms with Gasteiger partial charge in [0.05, 0.1) is 41.1 Å². The zero-order chi connectivity index (χ0) is 26.8. The van der Waals surface area contributed by atoms with Crippen molar-refractivity contribution in [1.29, 1.82) is 0 Å². The molecule has 1 unspecified atom stereocenters. The number of aliphatic hydroxyl groups is 1. The van der Waals surface area contributed by atoms with E-state index in [1.807, 2.05) is 0 Å². The zero-order valence-electron chi connectivity index (χ0n) is 19.6. The summed E-state index contributed by atoms with van der Waals surface area (Å²) < 4.78 is 57.2. The summed E-state index contributed by atoms with van der Waals surface area (Å²) in [5, 5.41) is 18.3. The summed E-state index contributed by atoms with van der Waals surface area (Å²) >= 11 is 6.06. The van der Waals surface area contributed by atoms with Crippen LogP contribution >= 0.6 is 11.6 Å². The number of halogens is 5. The molecule has 0 aliphatic rings. The number of hydrogen-bond acceptors (Lipinski definition) is 4. The number of likely N-dealkylation sites (N-methyl/N-ethyl adjacent to an activating group) is 1. The first-order valence-corrected chi connectivity index (χ1v) is 11.7. The molecule has 1 atom stereocenters. The summed E-state index contributed by atoms with van der Waals surface area (Å²) in [7, 11) is 0. The van der Waals surface area contributed by atoms with Crippen LogP contribution in [0.5, 0.6) is 0 Å². The average molecular weight is 535 g/mol. The number of hydrogen-bond donors (Lipinski definition) is 2. The topological polar surface area (TPSA) is 70.4 Å². The Bertz CT molecular complexity index is 1410. The third kappa shape index (κ3) is 5.40. The van der Waals surface area contributed by atoms with Gasteiger partial charge in [-0.1, -0.05) is 29.8 Å². The van der Waals surface area contributed by atoms with Crippen LogP contribution in [-0.2, 0) is 0 Å². The Hall–Kier alpha value is -3.63. The standard InChI is InChI=1S/C26H23ClF4N4O2/c1-2-34(24(36)19-6-3-4-7-21(19)27)16-25(37,26(29,30)31)15-32-22-8-5-9-23-20(22)14-33-35(23)18-12-10-17(28)11-13-18/h3-14,32,37H,2,15-16H2,1H3. The lowest BCUT2D eigenvalue weighted by Gasteiger charge is -2.35. The molecule has 2 N–H and O–H groups in total. The normalized spacial score (nSPS) is 13.4. The predicted molar refractivity (Wildman–Crippen MR) is 134 cm³/mol. The highest BCUT2D eigenvalue weighted by Gasteiger charge is 2.55. The number of aromatic nitrogens is 2. The molecular weight excluding hydrogens is 512 g/mol. The van der Waals surface area contributed by atoms with E-state index in [-0.39, 0.29) is 17.1 Å². The molecule has 0 fully saturated rings. The highest BCUT2D eigenvalue weighted by Crippen LogP contribution is 2.34. The molecule has 1 aromatic heterocycles. The van der Waals surface area contributed by atoms with Gasteiger partial charge >= 0.3 is 6.18 Å². The first-order valence-electron chi connectivity index (χ1n) is 11.3. The van der Waals surface area contributed by atoms with E-state index in [9.17, 15) is 27.5 Å².